The lowest BCUT2D eigenvalue weighted by Gasteiger charge is -2.34. The second kappa shape index (κ2) is 15.0. The normalized spacial score (nSPS) is 15.4. The second-order valence-electron chi connectivity index (χ2n) is 6.76. The number of nitrogens with zero attached hydrogens (tertiary/aromatic N) is 2. The third-order valence-electron chi connectivity index (χ3n) is 4.75. The fourth-order valence-corrected chi connectivity index (χ4v) is 3.17. The molecule has 6 nitrogen and oxygen atoms in total. The first kappa shape index (κ1) is 25.1. The molecule has 1 aromatic rings. The van der Waals surface area contributed by atoms with E-state index in [0.717, 1.165) is 64.7 Å². The zero-order valence-corrected chi connectivity index (χ0v) is 19.8. The van der Waals surface area contributed by atoms with Crippen molar-refractivity contribution in [1.82, 2.24) is 10.2 Å². The molecule has 0 amide bonds. The number of rotatable bonds is 10. The van der Waals surface area contributed by atoms with E-state index >= 15 is 0 Å². The van der Waals surface area contributed by atoms with Crippen LogP contribution < -0.4 is 5.32 Å². The van der Waals surface area contributed by atoms with Crippen LogP contribution in [0.1, 0.15) is 37.3 Å². The molecule has 0 aromatic heterocycles. The molecule has 1 fully saturated rings. The molecule has 1 saturated heterocycles. The number of halogens is 1. The first-order chi connectivity index (χ1) is 13.3. The molecule has 0 bridgehead atoms. The molecule has 0 atom stereocenters. The van der Waals surface area contributed by atoms with Gasteiger partial charge in [-0.2, -0.15) is 0 Å². The number of benzene rings is 1. The molecule has 28 heavy (non-hydrogen) atoms. The van der Waals surface area contributed by atoms with Gasteiger partial charge < -0.3 is 24.4 Å². The number of likely N-dealkylation sites (tertiary alicyclic amines) is 1. The standard InChI is InChI=1S/C21H35N3O3.HI/c1-4-26-17-19-8-6-18(7-9-19)16-23-21(22-2)24-12-10-20(11-13-24)27-15-5-14-25-3;/h6-9,20H,4-5,10-17H2,1-3H3,(H,22,23);1H. The molecule has 0 aliphatic carbocycles. The lowest BCUT2D eigenvalue weighted by atomic mass is 10.1. The number of hydrogen-bond acceptors (Lipinski definition) is 4. The fraction of sp³-hybridized carbons (Fsp3) is 0.667. The van der Waals surface area contributed by atoms with Crippen LogP contribution in [0.15, 0.2) is 29.3 Å². The van der Waals surface area contributed by atoms with E-state index in [-0.39, 0.29) is 24.0 Å². The number of hydrogen-bond donors (Lipinski definition) is 1. The summed E-state index contributed by atoms with van der Waals surface area (Å²) in [6.07, 6.45) is 3.40. The highest BCUT2D eigenvalue weighted by atomic mass is 127. The highest BCUT2D eigenvalue weighted by molar-refractivity contribution is 14.0. The number of piperidine rings is 1. The van der Waals surface area contributed by atoms with Crippen molar-refractivity contribution in [2.24, 2.45) is 4.99 Å². The predicted octanol–water partition coefficient (Wildman–Crippen LogP) is 3.43. The Morgan fingerprint density at radius 2 is 1.82 bits per heavy atom. The summed E-state index contributed by atoms with van der Waals surface area (Å²) in [6, 6.07) is 8.55. The highest BCUT2D eigenvalue weighted by Crippen LogP contribution is 2.14. The van der Waals surface area contributed by atoms with Crippen LogP contribution in [0.25, 0.3) is 0 Å². The summed E-state index contributed by atoms with van der Waals surface area (Å²) in [6.45, 7) is 7.70. The van der Waals surface area contributed by atoms with Gasteiger partial charge in [-0.15, -0.1) is 24.0 Å². The molecule has 1 N–H and O–H groups in total. The zero-order chi connectivity index (χ0) is 19.3. The Hall–Kier alpha value is -0.900. The van der Waals surface area contributed by atoms with Gasteiger partial charge in [0.15, 0.2) is 5.96 Å². The van der Waals surface area contributed by atoms with Crippen LogP contribution in [0.3, 0.4) is 0 Å². The van der Waals surface area contributed by atoms with Crippen molar-refractivity contribution < 1.29 is 14.2 Å². The number of guanidine groups is 1. The summed E-state index contributed by atoms with van der Waals surface area (Å²) in [4.78, 5) is 6.77. The van der Waals surface area contributed by atoms with Gasteiger partial charge >= 0.3 is 0 Å². The van der Waals surface area contributed by atoms with E-state index in [4.69, 9.17) is 14.2 Å². The summed E-state index contributed by atoms with van der Waals surface area (Å²) < 4.78 is 16.4. The number of aliphatic imine (C=N–C) groups is 1. The van der Waals surface area contributed by atoms with Crippen LogP contribution in [0, 0.1) is 0 Å². The largest absolute Gasteiger partial charge is 0.385 e. The van der Waals surface area contributed by atoms with Crippen molar-refractivity contribution in [2.45, 2.75) is 45.4 Å². The molecule has 7 heteroatoms. The topological polar surface area (TPSA) is 55.3 Å². The van der Waals surface area contributed by atoms with Gasteiger partial charge in [-0.1, -0.05) is 24.3 Å². The minimum atomic E-state index is 0. The molecule has 160 valence electrons. The first-order valence-corrected chi connectivity index (χ1v) is 9.98. The molecule has 0 radical (unpaired) electrons. The number of nitrogens with one attached hydrogen (secondary N) is 1. The molecule has 1 aromatic carbocycles. The SMILES string of the molecule is CCOCc1ccc(CNC(=NC)N2CCC(OCCCOC)CC2)cc1.I. The van der Waals surface area contributed by atoms with Crippen LogP contribution in [-0.2, 0) is 27.4 Å². The Bertz CT molecular complexity index is 546. The van der Waals surface area contributed by atoms with E-state index in [2.05, 4.69) is 39.5 Å². The Morgan fingerprint density at radius 1 is 1.14 bits per heavy atom. The lowest BCUT2D eigenvalue weighted by molar-refractivity contribution is 0.00989. The summed E-state index contributed by atoms with van der Waals surface area (Å²) in [5.74, 6) is 0.964. The smallest absolute Gasteiger partial charge is 0.193 e. The van der Waals surface area contributed by atoms with Gasteiger partial charge in [-0.05, 0) is 37.3 Å². The van der Waals surface area contributed by atoms with Gasteiger partial charge in [0, 0.05) is 53.6 Å². The first-order valence-electron chi connectivity index (χ1n) is 9.98. The Morgan fingerprint density at radius 3 is 2.43 bits per heavy atom. The third kappa shape index (κ3) is 9.07. The Kier molecular flexibility index (Phi) is 13.5. The summed E-state index contributed by atoms with van der Waals surface area (Å²) in [5.41, 5.74) is 2.45. The van der Waals surface area contributed by atoms with Crippen molar-refractivity contribution >= 4 is 29.9 Å². The van der Waals surface area contributed by atoms with E-state index in [1.54, 1.807) is 7.11 Å². The fourth-order valence-electron chi connectivity index (χ4n) is 3.17. The summed E-state index contributed by atoms with van der Waals surface area (Å²) in [5, 5.41) is 3.48. The van der Waals surface area contributed by atoms with E-state index in [1.165, 1.54) is 11.1 Å². The summed E-state index contributed by atoms with van der Waals surface area (Å²) >= 11 is 0. The average Bonchev–Trinajstić information content (AvgIpc) is 2.72. The monoisotopic (exact) mass is 505 g/mol. The van der Waals surface area contributed by atoms with Crippen molar-refractivity contribution in [3.05, 3.63) is 35.4 Å². The molecule has 1 heterocycles. The molecule has 0 spiro atoms. The molecule has 0 unspecified atom stereocenters. The van der Waals surface area contributed by atoms with Crippen molar-refractivity contribution in [2.75, 3.05) is 47.1 Å². The Balaban J connectivity index is 0.00000392. The Labute approximate surface area is 187 Å². The lowest BCUT2D eigenvalue weighted by Crippen LogP contribution is -2.46. The van der Waals surface area contributed by atoms with Crippen LogP contribution in [-0.4, -0.2) is 64.0 Å². The van der Waals surface area contributed by atoms with E-state index in [1.807, 2.05) is 14.0 Å². The third-order valence-corrected chi connectivity index (χ3v) is 4.75. The maximum absolute atomic E-state index is 5.94. The zero-order valence-electron chi connectivity index (χ0n) is 17.5. The van der Waals surface area contributed by atoms with Gasteiger partial charge in [0.05, 0.1) is 12.7 Å². The maximum Gasteiger partial charge on any atom is 0.193 e. The van der Waals surface area contributed by atoms with Crippen LogP contribution >= 0.6 is 24.0 Å². The van der Waals surface area contributed by atoms with Crippen LogP contribution in [0.5, 0.6) is 0 Å². The quantitative estimate of drug-likeness (QED) is 0.229. The minimum Gasteiger partial charge on any atom is -0.385 e. The molecule has 0 saturated carbocycles. The molecule has 1 aliphatic heterocycles. The molecule has 2 rings (SSSR count). The molecular formula is C21H36IN3O3. The van der Waals surface area contributed by atoms with Crippen molar-refractivity contribution in [1.29, 1.82) is 0 Å². The van der Waals surface area contributed by atoms with Crippen LogP contribution in [0.2, 0.25) is 0 Å². The highest BCUT2D eigenvalue weighted by Gasteiger charge is 2.21. The van der Waals surface area contributed by atoms with Gasteiger partial charge in [0.1, 0.15) is 0 Å². The maximum atomic E-state index is 5.94. The van der Waals surface area contributed by atoms with E-state index in [9.17, 15) is 0 Å². The molecule has 1 aliphatic rings. The second-order valence-corrected chi connectivity index (χ2v) is 6.76. The van der Waals surface area contributed by atoms with E-state index < -0.39 is 0 Å². The van der Waals surface area contributed by atoms with Crippen molar-refractivity contribution in [3.63, 3.8) is 0 Å². The predicted molar refractivity (Wildman–Crippen MR) is 124 cm³/mol. The van der Waals surface area contributed by atoms with Crippen LogP contribution in [0.4, 0.5) is 0 Å². The number of methoxy groups -OCH3 is 1. The summed E-state index contributed by atoms with van der Waals surface area (Å²) in [7, 11) is 3.58. The minimum absolute atomic E-state index is 0. The van der Waals surface area contributed by atoms with E-state index in [0.29, 0.717) is 12.7 Å². The van der Waals surface area contributed by atoms with Crippen molar-refractivity contribution in [3.8, 4) is 0 Å². The van der Waals surface area contributed by atoms with Gasteiger partial charge in [0.2, 0.25) is 0 Å². The molecular weight excluding hydrogens is 469 g/mol. The average molecular weight is 505 g/mol. The number of ether oxygens (including phenoxy) is 3. The van der Waals surface area contributed by atoms with Gasteiger partial charge in [-0.25, -0.2) is 0 Å². The van der Waals surface area contributed by atoms with Gasteiger partial charge in [-0.3, -0.25) is 4.99 Å². The van der Waals surface area contributed by atoms with Gasteiger partial charge in [0.25, 0.3) is 0 Å².